The third-order valence-corrected chi connectivity index (χ3v) is 24.9. The van der Waals surface area contributed by atoms with Crippen molar-refractivity contribution in [2.45, 2.75) is 93.2 Å². The summed E-state index contributed by atoms with van der Waals surface area (Å²) < 4.78 is 13.3. The van der Waals surface area contributed by atoms with Crippen LogP contribution >= 0.6 is 34.0 Å². The van der Waals surface area contributed by atoms with Crippen LogP contribution in [0.5, 0.6) is 11.5 Å². The highest BCUT2D eigenvalue weighted by molar-refractivity contribution is 7.17. The number of carbonyl (C=O) groups excluding carboxylic acids is 4. The highest BCUT2D eigenvalue weighted by Crippen LogP contribution is 2.46. The normalized spacial score (nSPS) is 17.3. The van der Waals surface area contributed by atoms with Crippen LogP contribution in [-0.2, 0) is 7.05 Å². The predicted octanol–water partition coefficient (Wildman–Crippen LogP) is 10.7. The lowest BCUT2D eigenvalue weighted by atomic mass is 10.0. The number of nitrogens with one attached hydrogen (secondary N) is 3. The minimum absolute atomic E-state index is 0.0199. The maximum atomic E-state index is 13.5. The molecule has 0 unspecified atom stereocenters. The van der Waals surface area contributed by atoms with Crippen molar-refractivity contribution in [2.75, 3.05) is 197 Å². The highest BCUT2D eigenvalue weighted by Gasteiger charge is 2.39. The lowest BCUT2D eigenvalue weighted by Gasteiger charge is -2.42. The van der Waals surface area contributed by atoms with E-state index in [1.807, 2.05) is 113 Å². The average molecular weight is 1580 g/mol. The maximum Gasteiger partial charge on any atom is 0.280 e. The lowest BCUT2D eigenvalue weighted by molar-refractivity contribution is 0.0518. The summed E-state index contributed by atoms with van der Waals surface area (Å²) in [5.41, 5.74) is 8.32. The fraction of sp³-hybridized carbons (Fsp3) is 0.481. The molecule has 14 heterocycles. The van der Waals surface area contributed by atoms with E-state index in [4.69, 9.17) is 24.4 Å². The zero-order chi connectivity index (χ0) is 78.9. The van der Waals surface area contributed by atoms with Crippen LogP contribution < -0.4 is 59.7 Å². The van der Waals surface area contributed by atoms with Gasteiger partial charge in [-0.15, -0.1) is 34.0 Å². The van der Waals surface area contributed by atoms with Crippen LogP contribution in [0.15, 0.2) is 61.2 Å². The minimum Gasteiger partial charge on any atom is -0.495 e. The van der Waals surface area contributed by atoms with Gasteiger partial charge in [-0.2, -0.15) is 20.1 Å². The van der Waals surface area contributed by atoms with Crippen LogP contribution in [0.3, 0.4) is 0 Å². The third kappa shape index (κ3) is 15.8. The molecule has 0 spiro atoms. The molecule has 4 fully saturated rings. The first-order chi connectivity index (χ1) is 54.1. The van der Waals surface area contributed by atoms with Gasteiger partial charge in [0.25, 0.3) is 23.6 Å². The maximum absolute atomic E-state index is 13.5. The minimum atomic E-state index is -0.165. The molecule has 0 atom stereocenters. The fourth-order valence-corrected chi connectivity index (χ4v) is 18.3. The van der Waals surface area contributed by atoms with Gasteiger partial charge in [-0.3, -0.25) is 33.7 Å². The van der Waals surface area contributed by atoms with E-state index in [1.54, 1.807) is 71.5 Å². The van der Waals surface area contributed by atoms with E-state index in [-0.39, 0.29) is 23.6 Å². The van der Waals surface area contributed by atoms with Gasteiger partial charge < -0.3 is 74.4 Å². The molecule has 4 saturated heterocycles. The van der Waals surface area contributed by atoms with Gasteiger partial charge in [-0.1, -0.05) is 0 Å². The van der Waals surface area contributed by atoms with Crippen molar-refractivity contribution in [3.05, 3.63) is 105 Å². The molecule has 32 nitrogen and oxygen atoms in total. The Balaban J connectivity index is 0.000000143. The summed E-state index contributed by atoms with van der Waals surface area (Å²) in [6, 6.07) is 12.8. The second-order valence-corrected chi connectivity index (χ2v) is 32.3. The number of aryl methyl sites for hydroxylation is 4. The molecule has 35 heteroatoms. The van der Waals surface area contributed by atoms with Gasteiger partial charge in [-0.05, 0) is 126 Å². The Kier molecular flexibility index (Phi) is 23.5. The molecule has 0 bridgehead atoms. The van der Waals surface area contributed by atoms with Crippen LogP contribution in [0.1, 0.15) is 116 Å². The van der Waals surface area contributed by atoms with Crippen molar-refractivity contribution < 1.29 is 28.7 Å². The molecule has 9 aromatic rings. The number of hydrogen-bond donors (Lipinski definition) is 3. The molecule has 112 heavy (non-hydrogen) atoms. The first kappa shape index (κ1) is 78.4. The SMILES string of the molecule is CCN1C(=O)c2nc(C)sc2N(CC)c2nc(Nc3ccc(C(=O)N4CCC(N5CCN(C)CC5)CC4)cc3OC)ncc21.CCN1C(=O)c2nc(C)sc2N(CC)c2nc(Nc3cnn(C)c3C)ncc21.COc1cc(Nc2ncc3c(n2)N(C)c2sc(C)nc2C(=O)N3C)ccc1N1CCC(N2CCN(C)CC2)CC1. The molecule has 16 rings (SSSR count). The molecular formula is C77H100N26O6S3. The van der Waals surface area contributed by atoms with Crippen molar-refractivity contribution in [1.29, 1.82) is 0 Å². The van der Waals surface area contributed by atoms with Gasteiger partial charge in [0.1, 0.15) is 43.6 Å². The number of thiazole rings is 3. The molecule has 7 aromatic heterocycles. The first-order valence-corrected chi connectivity index (χ1v) is 40.8. The highest BCUT2D eigenvalue weighted by atomic mass is 32.1. The largest absolute Gasteiger partial charge is 0.495 e. The molecule has 7 aliphatic rings. The fourth-order valence-electron chi connectivity index (χ4n) is 15.4. The number of amides is 4. The monoisotopic (exact) mass is 1580 g/mol. The quantitative estimate of drug-likeness (QED) is 0.0810. The van der Waals surface area contributed by atoms with Crippen LogP contribution in [-0.4, -0.2) is 262 Å². The van der Waals surface area contributed by atoms with Crippen LogP contribution in [0.2, 0.25) is 0 Å². The van der Waals surface area contributed by atoms with Gasteiger partial charge in [0.2, 0.25) is 17.8 Å². The Labute approximate surface area is 665 Å². The van der Waals surface area contributed by atoms with Gasteiger partial charge in [0.05, 0.1) is 76.8 Å². The summed E-state index contributed by atoms with van der Waals surface area (Å²) in [5.74, 6) is 4.16. The summed E-state index contributed by atoms with van der Waals surface area (Å²) in [6.07, 6.45) is 11.1. The molecular weight excluding hydrogens is 1480 g/mol. The molecule has 7 aliphatic heterocycles. The van der Waals surface area contributed by atoms with Crippen LogP contribution in [0.4, 0.5) is 90.1 Å². The Bertz CT molecular complexity index is 4940. The summed E-state index contributed by atoms with van der Waals surface area (Å²) in [6.45, 7) is 30.5. The van der Waals surface area contributed by atoms with E-state index in [1.165, 1.54) is 59.9 Å². The molecule has 3 N–H and O–H groups in total. The number of piperidine rings is 2. The van der Waals surface area contributed by atoms with E-state index in [9.17, 15) is 19.2 Å². The molecule has 4 amide bonds. The Morgan fingerprint density at radius 1 is 0.464 bits per heavy atom. The van der Waals surface area contributed by atoms with Crippen molar-refractivity contribution in [3.8, 4) is 11.5 Å². The van der Waals surface area contributed by atoms with Crippen molar-refractivity contribution in [3.63, 3.8) is 0 Å². The number of anilines is 16. The number of benzene rings is 2. The van der Waals surface area contributed by atoms with E-state index >= 15 is 0 Å². The standard InChI is InChI=1S/C31H41N9O3S.C28H37N9O2S.C18H22N8OS/c1-6-39-24-19-32-31(35-27(24)40(7-2)30-26(29(39)42)33-20(3)44-30)34-23-9-8-21(18-25(23)43-5)28(41)38-12-10-22(11-13-38)37-16-14-36(4)15-17-37;1-18-30-24-26(38)34(3)22-17-29-28(32-25(22)35(4)27(24)40-18)31-19-6-7-21(23(16-19)39-5)37-10-8-20(9-11-37)36-14-12-33(2)13-15-36;1-6-25-13-9-19-18(22-12-8-20-24(5)10(12)3)23-15(13)26(7-2)17-14(16(25)27)21-11(4)28-17/h8-9,18-19,22H,6-7,10-17H2,1-5H3,(H,32,34,35);6-7,16-17,20H,8-15H2,1-5H3,(H,29,31,32);8-9H,6-7H2,1-5H3,(H,19,22,23). The number of ether oxygens (including phenoxy) is 2. The molecule has 592 valence electrons. The Hall–Kier alpha value is -10.3. The molecule has 2 aromatic carbocycles. The first-order valence-electron chi connectivity index (χ1n) is 38.4. The summed E-state index contributed by atoms with van der Waals surface area (Å²) in [5, 5.41) is 19.0. The van der Waals surface area contributed by atoms with Crippen molar-refractivity contribution >= 4 is 148 Å². The smallest absolute Gasteiger partial charge is 0.280 e. The number of nitrogens with zero attached hydrogens (tertiary/aromatic N) is 23. The summed E-state index contributed by atoms with van der Waals surface area (Å²) in [4.78, 5) is 120. The van der Waals surface area contributed by atoms with Crippen LogP contribution in [0, 0.1) is 27.7 Å². The van der Waals surface area contributed by atoms with Gasteiger partial charge in [0, 0.05) is 155 Å². The second kappa shape index (κ2) is 33.6. The average Bonchev–Trinajstić information content (AvgIpc) is 1.60. The Morgan fingerprint density at radius 2 is 0.929 bits per heavy atom. The summed E-state index contributed by atoms with van der Waals surface area (Å²) in [7, 11) is 13.2. The lowest BCUT2D eigenvalue weighted by Crippen LogP contribution is -2.52. The number of carbonyl (C=O) groups is 4. The number of fused-ring (bicyclic) bond motifs is 6. The topological polar surface area (TPSA) is 296 Å². The number of likely N-dealkylation sites (tertiary alicyclic amines) is 1. The van der Waals surface area contributed by atoms with E-state index in [0.29, 0.717) is 125 Å². The number of aromatic nitrogens is 11. The third-order valence-electron chi connectivity index (χ3n) is 21.9. The number of likely N-dealkylation sites (N-methyl/N-ethyl adjacent to an activating group) is 2. The Morgan fingerprint density at radius 3 is 1.42 bits per heavy atom. The van der Waals surface area contributed by atoms with Gasteiger partial charge in [0.15, 0.2) is 34.5 Å². The number of piperazine rings is 2. The zero-order valence-corrected chi connectivity index (χ0v) is 69.0. The van der Waals surface area contributed by atoms with E-state index < -0.39 is 0 Å². The van der Waals surface area contributed by atoms with Crippen LogP contribution in [0.25, 0.3) is 0 Å². The van der Waals surface area contributed by atoms with E-state index in [0.717, 1.165) is 137 Å². The van der Waals surface area contributed by atoms with Crippen molar-refractivity contribution in [2.24, 2.45) is 7.05 Å². The number of rotatable bonds is 16. The van der Waals surface area contributed by atoms with Crippen molar-refractivity contribution in [1.82, 2.24) is 79.1 Å². The van der Waals surface area contributed by atoms with E-state index in [2.05, 4.69) is 95.6 Å². The molecule has 0 aliphatic carbocycles. The molecule has 0 radical (unpaired) electrons. The number of methoxy groups -OCH3 is 2. The number of hydrogen-bond acceptors (Lipinski definition) is 30. The summed E-state index contributed by atoms with van der Waals surface area (Å²) >= 11 is 4.47. The predicted molar refractivity (Wildman–Crippen MR) is 444 cm³/mol. The second-order valence-electron chi connectivity index (χ2n) is 28.7. The van der Waals surface area contributed by atoms with Gasteiger partial charge in [-0.25, -0.2) is 29.9 Å². The molecule has 0 saturated carbocycles. The van der Waals surface area contributed by atoms with Gasteiger partial charge >= 0.3 is 0 Å². The zero-order valence-electron chi connectivity index (χ0n) is 66.5.